The van der Waals surface area contributed by atoms with Crippen LogP contribution in [-0.2, 0) is 19.4 Å². The second-order valence-electron chi connectivity index (χ2n) is 8.31. The number of aryl methyl sites for hydroxylation is 1. The lowest BCUT2D eigenvalue weighted by Crippen LogP contribution is -2.18. The fourth-order valence-corrected chi connectivity index (χ4v) is 4.19. The van der Waals surface area contributed by atoms with Crippen LogP contribution in [0.15, 0.2) is 42.5 Å². The van der Waals surface area contributed by atoms with Crippen molar-refractivity contribution in [1.29, 1.82) is 0 Å². The third kappa shape index (κ3) is 5.13. The average molecular weight is 389 g/mol. The first kappa shape index (κ1) is 19.8. The Kier molecular flexibility index (Phi) is 6.40. The van der Waals surface area contributed by atoms with E-state index in [1.54, 1.807) is 0 Å². The summed E-state index contributed by atoms with van der Waals surface area (Å²) in [6, 6.07) is 15.3. The van der Waals surface area contributed by atoms with Gasteiger partial charge in [0.25, 0.3) is 0 Å². The quantitative estimate of drug-likeness (QED) is 0.544. The highest BCUT2D eigenvalue weighted by molar-refractivity contribution is 5.77. The SMILES string of the molecule is CCCCCc1cc2nc(Cc3ccc(CN4CCCC4)cc3)ccc2nc1N. The van der Waals surface area contributed by atoms with Gasteiger partial charge in [0.2, 0.25) is 0 Å². The molecule has 0 amide bonds. The Hall–Kier alpha value is -2.46. The fourth-order valence-electron chi connectivity index (χ4n) is 4.19. The molecule has 0 spiro atoms. The van der Waals surface area contributed by atoms with Gasteiger partial charge in [-0.3, -0.25) is 9.88 Å². The standard InChI is InChI=1S/C25H32N4/c1-2-3-4-7-21-17-24-23(28-25(21)26)13-12-22(27-24)16-19-8-10-20(11-9-19)18-29-14-5-6-15-29/h8-13,17H,2-7,14-16,18H2,1H3,(H2,26,28). The maximum atomic E-state index is 6.16. The first-order chi connectivity index (χ1) is 14.2. The highest BCUT2D eigenvalue weighted by atomic mass is 15.1. The number of nitrogens with two attached hydrogens (primary N) is 1. The lowest BCUT2D eigenvalue weighted by atomic mass is 10.1. The highest BCUT2D eigenvalue weighted by Gasteiger charge is 2.12. The summed E-state index contributed by atoms with van der Waals surface area (Å²) >= 11 is 0. The van der Waals surface area contributed by atoms with Crippen LogP contribution in [0, 0.1) is 0 Å². The van der Waals surface area contributed by atoms with E-state index in [1.807, 2.05) is 6.07 Å². The van der Waals surface area contributed by atoms with Gasteiger partial charge in [0.15, 0.2) is 0 Å². The van der Waals surface area contributed by atoms with Gasteiger partial charge in [0.05, 0.1) is 11.0 Å². The van der Waals surface area contributed by atoms with Crippen LogP contribution in [0.3, 0.4) is 0 Å². The smallest absolute Gasteiger partial charge is 0.127 e. The number of hydrogen-bond donors (Lipinski definition) is 1. The Morgan fingerprint density at radius 2 is 1.66 bits per heavy atom. The predicted octanol–water partition coefficient (Wildman–Crippen LogP) is 5.13. The number of rotatable bonds is 8. The van der Waals surface area contributed by atoms with E-state index in [0.29, 0.717) is 5.82 Å². The first-order valence-electron chi connectivity index (χ1n) is 11.1. The Morgan fingerprint density at radius 3 is 2.41 bits per heavy atom. The van der Waals surface area contributed by atoms with Gasteiger partial charge in [0.1, 0.15) is 5.82 Å². The molecule has 0 unspecified atom stereocenters. The number of nitrogen functional groups attached to an aromatic ring is 1. The molecule has 1 aliphatic heterocycles. The zero-order valence-corrected chi connectivity index (χ0v) is 17.5. The molecule has 1 aliphatic rings. The molecule has 3 aromatic rings. The minimum atomic E-state index is 0.650. The summed E-state index contributed by atoms with van der Waals surface area (Å²) in [5.74, 6) is 0.650. The Labute approximate surface area is 174 Å². The van der Waals surface area contributed by atoms with Crippen LogP contribution in [0.25, 0.3) is 11.0 Å². The van der Waals surface area contributed by atoms with Gasteiger partial charge in [-0.2, -0.15) is 0 Å². The molecule has 1 fully saturated rings. The molecule has 0 aliphatic carbocycles. The van der Waals surface area contributed by atoms with Gasteiger partial charge in [-0.1, -0.05) is 44.0 Å². The summed E-state index contributed by atoms with van der Waals surface area (Å²) in [7, 11) is 0. The highest BCUT2D eigenvalue weighted by Crippen LogP contribution is 2.21. The Balaban J connectivity index is 1.46. The molecular weight excluding hydrogens is 356 g/mol. The summed E-state index contributed by atoms with van der Waals surface area (Å²) in [5.41, 5.74) is 12.9. The number of fused-ring (bicyclic) bond motifs is 1. The molecule has 3 heterocycles. The lowest BCUT2D eigenvalue weighted by Gasteiger charge is -2.14. The van der Waals surface area contributed by atoms with Crippen molar-refractivity contribution in [3.63, 3.8) is 0 Å². The van der Waals surface area contributed by atoms with Crippen molar-refractivity contribution in [1.82, 2.24) is 14.9 Å². The van der Waals surface area contributed by atoms with Gasteiger partial charge in [-0.15, -0.1) is 0 Å². The van der Waals surface area contributed by atoms with Crippen LogP contribution in [0.5, 0.6) is 0 Å². The normalized spacial score (nSPS) is 14.7. The summed E-state index contributed by atoms with van der Waals surface area (Å²) in [4.78, 5) is 12.0. The van der Waals surface area contributed by atoms with E-state index in [9.17, 15) is 0 Å². The second kappa shape index (κ2) is 9.36. The zero-order chi connectivity index (χ0) is 20.1. The summed E-state index contributed by atoms with van der Waals surface area (Å²) < 4.78 is 0. The second-order valence-corrected chi connectivity index (χ2v) is 8.31. The molecule has 29 heavy (non-hydrogen) atoms. The number of aromatic nitrogens is 2. The number of pyridine rings is 2. The van der Waals surface area contributed by atoms with Gasteiger partial charge in [-0.25, -0.2) is 4.98 Å². The molecule has 2 N–H and O–H groups in total. The number of benzene rings is 1. The van der Waals surface area contributed by atoms with Gasteiger partial charge in [0, 0.05) is 18.7 Å². The zero-order valence-electron chi connectivity index (χ0n) is 17.5. The summed E-state index contributed by atoms with van der Waals surface area (Å²) in [6.45, 7) is 5.76. The van der Waals surface area contributed by atoms with E-state index in [-0.39, 0.29) is 0 Å². The monoisotopic (exact) mass is 388 g/mol. The topological polar surface area (TPSA) is 55.0 Å². The minimum absolute atomic E-state index is 0.650. The van der Waals surface area contributed by atoms with Crippen LogP contribution in [0.2, 0.25) is 0 Å². The molecule has 0 radical (unpaired) electrons. The number of hydrogen-bond acceptors (Lipinski definition) is 4. The fraction of sp³-hybridized carbons (Fsp3) is 0.440. The van der Waals surface area contributed by atoms with Crippen molar-refractivity contribution in [3.05, 3.63) is 64.8 Å². The maximum Gasteiger partial charge on any atom is 0.127 e. The molecule has 2 aromatic heterocycles. The van der Waals surface area contributed by atoms with Crippen LogP contribution >= 0.6 is 0 Å². The molecule has 1 saturated heterocycles. The molecule has 0 saturated carbocycles. The van der Waals surface area contributed by atoms with Crippen LogP contribution in [-0.4, -0.2) is 28.0 Å². The number of likely N-dealkylation sites (tertiary alicyclic amines) is 1. The molecule has 0 atom stereocenters. The van der Waals surface area contributed by atoms with E-state index in [2.05, 4.69) is 53.2 Å². The van der Waals surface area contributed by atoms with Gasteiger partial charge >= 0.3 is 0 Å². The van der Waals surface area contributed by atoms with Crippen molar-refractivity contribution >= 4 is 16.9 Å². The molecule has 4 rings (SSSR count). The van der Waals surface area contributed by atoms with Gasteiger partial charge < -0.3 is 5.73 Å². The molecule has 4 heteroatoms. The third-order valence-electron chi connectivity index (χ3n) is 5.90. The minimum Gasteiger partial charge on any atom is -0.383 e. The Bertz CT molecular complexity index is 943. The lowest BCUT2D eigenvalue weighted by molar-refractivity contribution is 0.331. The summed E-state index contributed by atoms with van der Waals surface area (Å²) in [5, 5.41) is 0. The predicted molar refractivity (Wildman–Crippen MR) is 121 cm³/mol. The molecule has 0 bridgehead atoms. The van der Waals surface area contributed by atoms with Crippen LogP contribution < -0.4 is 5.73 Å². The third-order valence-corrected chi connectivity index (χ3v) is 5.90. The van der Waals surface area contributed by atoms with Crippen molar-refractivity contribution in [2.75, 3.05) is 18.8 Å². The molecule has 152 valence electrons. The summed E-state index contributed by atoms with van der Waals surface area (Å²) in [6.07, 6.45) is 8.08. The van der Waals surface area contributed by atoms with E-state index in [0.717, 1.165) is 48.1 Å². The molecule has 1 aromatic carbocycles. The van der Waals surface area contributed by atoms with E-state index >= 15 is 0 Å². The number of unbranched alkanes of at least 4 members (excludes halogenated alkanes) is 2. The van der Waals surface area contributed by atoms with Gasteiger partial charge in [-0.05, 0) is 73.7 Å². The molecular formula is C25H32N4. The van der Waals surface area contributed by atoms with E-state index < -0.39 is 0 Å². The largest absolute Gasteiger partial charge is 0.383 e. The molecule has 4 nitrogen and oxygen atoms in total. The average Bonchev–Trinajstić information content (AvgIpc) is 3.23. The first-order valence-corrected chi connectivity index (χ1v) is 11.1. The maximum absolute atomic E-state index is 6.16. The number of nitrogens with zero attached hydrogens (tertiary/aromatic N) is 3. The van der Waals surface area contributed by atoms with Crippen molar-refractivity contribution in [2.24, 2.45) is 0 Å². The van der Waals surface area contributed by atoms with E-state index in [4.69, 9.17) is 10.7 Å². The van der Waals surface area contributed by atoms with E-state index in [1.165, 1.54) is 49.9 Å². The Morgan fingerprint density at radius 1 is 0.897 bits per heavy atom. The van der Waals surface area contributed by atoms with Crippen LogP contribution in [0.1, 0.15) is 61.4 Å². The van der Waals surface area contributed by atoms with Crippen molar-refractivity contribution in [2.45, 2.75) is 58.4 Å². The van der Waals surface area contributed by atoms with Crippen molar-refractivity contribution < 1.29 is 0 Å². The van der Waals surface area contributed by atoms with Crippen LogP contribution in [0.4, 0.5) is 5.82 Å². The van der Waals surface area contributed by atoms with Crippen molar-refractivity contribution in [3.8, 4) is 0 Å². The number of anilines is 1.